The lowest BCUT2D eigenvalue weighted by Gasteiger charge is -2.07. The lowest BCUT2D eigenvalue weighted by Crippen LogP contribution is -2.14. The molecule has 0 spiro atoms. The summed E-state index contributed by atoms with van der Waals surface area (Å²) in [7, 11) is 1.31. The smallest absolute Gasteiger partial charge is 0.355 e. The number of aldehydes is 1. The van der Waals surface area contributed by atoms with Gasteiger partial charge in [0, 0.05) is 23.6 Å². The second kappa shape index (κ2) is 7.89. The van der Waals surface area contributed by atoms with Crippen molar-refractivity contribution < 1.29 is 19.6 Å². The number of carboxylic acid groups (broad SMARTS) is 1. The quantitative estimate of drug-likeness (QED) is 0.206. The second-order valence-electron chi connectivity index (χ2n) is 3.85. The highest BCUT2D eigenvalue weighted by atomic mass is 32.2. The maximum absolute atomic E-state index is 11.2. The van der Waals surface area contributed by atoms with Gasteiger partial charge in [-0.2, -0.15) is 0 Å². The van der Waals surface area contributed by atoms with Gasteiger partial charge in [0.2, 0.25) is 0 Å². The highest BCUT2D eigenvalue weighted by molar-refractivity contribution is 8.04. The minimum absolute atomic E-state index is 0.160. The Hall–Kier alpha value is -2.74. The topological polar surface area (TPSA) is 110 Å². The van der Waals surface area contributed by atoms with Crippen molar-refractivity contribution in [2.45, 2.75) is 4.90 Å². The van der Waals surface area contributed by atoms with Crippen molar-refractivity contribution in [3.8, 4) is 0 Å². The molecule has 1 N–H and O–H groups in total. The van der Waals surface area contributed by atoms with Crippen LogP contribution in [0.15, 0.2) is 51.7 Å². The fourth-order valence-corrected chi connectivity index (χ4v) is 2.59. The first-order chi connectivity index (χ1) is 10.4. The first kappa shape index (κ1) is 17.3. The monoisotopic (exact) mass is 320 g/mol. The summed E-state index contributed by atoms with van der Waals surface area (Å²) in [6.07, 6.45) is 3.26. The van der Waals surface area contributed by atoms with E-state index in [1.807, 2.05) is 0 Å². The molecule has 22 heavy (non-hydrogen) atoms. The van der Waals surface area contributed by atoms with Crippen molar-refractivity contribution in [3.05, 3.63) is 57.5 Å². The van der Waals surface area contributed by atoms with Gasteiger partial charge in [0.05, 0.1) is 9.82 Å². The molecule has 1 rings (SSSR count). The number of aliphatic imine (C=N–C) groups is 1. The zero-order valence-corrected chi connectivity index (χ0v) is 12.4. The van der Waals surface area contributed by atoms with Crippen LogP contribution in [0.3, 0.4) is 0 Å². The number of hydrogen-bond acceptors (Lipinski definition) is 6. The second-order valence-corrected chi connectivity index (χ2v) is 4.93. The van der Waals surface area contributed by atoms with Crippen LogP contribution in [0.25, 0.3) is 0 Å². The molecule has 0 atom stereocenters. The minimum Gasteiger partial charge on any atom is -0.476 e. The van der Waals surface area contributed by atoms with Gasteiger partial charge in [-0.05, 0) is 12.1 Å². The van der Waals surface area contributed by atoms with Crippen LogP contribution >= 0.6 is 11.8 Å². The average Bonchev–Trinajstić information content (AvgIpc) is 2.47. The standard InChI is InChI=1S/C14H12N2O5S/c1-3-4-12(13(15-2)14(18)19)22-11-6-5-9(8-17)7-10(11)16(20)21/h3-8H,1H2,2H3,(H,18,19)/b12-4+,15-13?. The van der Waals surface area contributed by atoms with Crippen LogP contribution in [0.1, 0.15) is 10.4 Å². The first-order valence-electron chi connectivity index (χ1n) is 5.89. The van der Waals surface area contributed by atoms with Gasteiger partial charge >= 0.3 is 5.97 Å². The van der Waals surface area contributed by atoms with Crippen LogP contribution in [-0.4, -0.2) is 35.0 Å². The molecule has 0 bridgehead atoms. The van der Waals surface area contributed by atoms with Gasteiger partial charge in [-0.15, -0.1) is 0 Å². The summed E-state index contributed by atoms with van der Waals surface area (Å²) in [4.78, 5) is 36.4. The van der Waals surface area contributed by atoms with E-state index in [1.165, 1.54) is 31.3 Å². The van der Waals surface area contributed by atoms with Gasteiger partial charge in [-0.25, -0.2) is 4.79 Å². The van der Waals surface area contributed by atoms with E-state index in [-0.39, 0.29) is 26.8 Å². The summed E-state index contributed by atoms with van der Waals surface area (Å²) in [5.41, 5.74) is -0.364. The molecule has 0 aliphatic carbocycles. The first-order valence-corrected chi connectivity index (χ1v) is 6.70. The molecular weight excluding hydrogens is 308 g/mol. The molecule has 0 heterocycles. The zero-order valence-electron chi connectivity index (χ0n) is 11.6. The average molecular weight is 320 g/mol. The molecule has 0 aromatic heterocycles. The van der Waals surface area contributed by atoms with Crippen molar-refractivity contribution in [2.24, 2.45) is 4.99 Å². The van der Waals surface area contributed by atoms with Crippen LogP contribution in [0.2, 0.25) is 0 Å². The third-order valence-corrected chi connectivity index (χ3v) is 3.58. The van der Waals surface area contributed by atoms with Gasteiger partial charge in [-0.3, -0.25) is 19.9 Å². The fraction of sp³-hybridized carbons (Fsp3) is 0.0714. The van der Waals surface area contributed by atoms with Crippen LogP contribution in [0, 0.1) is 10.1 Å². The predicted molar refractivity (Wildman–Crippen MR) is 83.6 cm³/mol. The third-order valence-electron chi connectivity index (χ3n) is 2.46. The van der Waals surface area contributed by atoms with E-state index in [0.717, 1.165) is 17.8 Å². The molecule has 1 aromatic rings. The van der Waals surface area contributed by atoms with Crippen LogP contribution < -0.4 is 0 Å². The lowest BCUT2D eigenvalue weighted by molar-refractivity contribution is -0.387. The number of carbonyl (C=O) groups is 2. The number of carboxylic acids is 1. The van der Waals surface area contributed by atoms with Gasteiger partial charge in [0.15, 0.2) is 5.71 Å². The highest BCUT2D eigenvalue weighted by Crippen LogP contribution is 2.35. The van der Waals surface area contributed by atoms with Gasteiger partial charge in [0.25, 0.3) is 5.69 Å². The van der Waals surface area contributed by atoms with Crippen molar-refractivity contribution >= 4 is 35.4 Å². The molecule has 0 amide bonds. The number of nitro benzene ring substituents is 1. The maximum atomic E-state index is 11.2. The van der Waals surface area contributed by atoms with Crippen LogP contribution in [0.4, 0.5) is 5.69 Å². The van der Waals surface area contributed by atoms with Crippen molar-refractivity contribution in [1.29, 1.82) is 0 Å². The van der Waals surface area contributed by atoms with E-state index in [2.05, 4.69) is 11.6 Å². The van der Waals surface area contributed by atoms with Gasteiger partial charge in [-0.1, -0.05) is 30.5 Å². The molecule has 0 fully saturated rings. The highest BCUT2D eigenvalue weighted by Gasteiger charge is 2.21. The summed E-state index contributed by atoms with van der Waals surface area (Å²) in [5.74, 6) is -1.25. The maximum Gasteiger partial charge on any atom is 0.355 e. The lowest BCUT2D eigenvalue weighted by atomic mass is 10.2. The molecule has 0 radical (unpaired) electrons. The van der Waals surface area contributed by atoms with E-state index in [4.69, 9.17) is 5.11 Å². The van der Waals surface area contributed by atoms with E-state index < -0.39 is 10.9 Å². The van der Waals surface area contributed by atoms with E-state index in [0.29, 0.717) is 6.29 Å². The largest absolute Gasteiger partial charge is 0.476 e. The Morgan fingerprint density at radius 1 is 1.50 bits per heavy atom. The summed E-state index contributed by atoms with van der Waals surface area (Å²) in [5, 5.41) is 20.2. The Labute approximate surface area is 130 Å². The molecule has 7 nitrogen and oxygen atoms in total. The number of allylic oxidation sites excluding steroid dienone is 2. The van der Waals surface area contributed by atoms with Crippen molar-refractivity contribution in [1.82, 2.24) is 0 Å². The molecule has 0 unspecified atom stereocenters. The Morgan fingerprint density at radius 2 is 2.18 bits per heavy atom. The zero-order chi connectivity index (χ0) is 16.7. The number of aliphatic carboxylic acids is 1. The molecule has 114 valence electrons. The van der Waals surface area contributed by atoms with E-state index >= 15 is 0 Å². The summed E-state index contributed by atoms with van der Waals surface area (Å²) in [6.45, 7) is 3.49. The molecule has 0 saturated carbocycles. The molecule has 0 aliphatic rings. The Balaban J connectivity index is 3.34. The van der Waals surface area contributed by atoms with Crippen LogP contribution in [-0.2, 0) is 4.79 Å². The Bertz CT molecular complexity index is 694. The van der Waals surface area contributed by atoms with E-state index in [1.54, 1.807) is 0 Å². The Morgan fingerprint density at radius 3 is 2.64 bits per heavy atom. The number of nitro groups is 1. The minimum atomic E-state index is -1.25. The molecule has 0 saturated heterocycles. The Kier molecular flexibility index (Phi) is 6.21. The number of thioether (sulfide) groups is 1. The normalized spacial score (nSPS) is 11.9. The number of hydrogen-bond donors (Lipinski definition) is 1. The van der Waals surface area contributed by atoms with Gasteiger partial charge < -0.3 is 5.11 Å². The number of benzene rings is 1. The summed E-state index contributed by atoms with van der Waals surface area (Å²) >= 11 is 0.869. The molecule has 1 aromatic carbocycles. The summed E-state index contributed by atoms with van der Waals surface area (Å²) < 4.78 is 0. The molecular formula is C14H12N2O5S. The predicted octanol–water partition coefficient (Wildman–Crippen LogP) is 2.72. The van der Waals surface area contributed by atoms with Gasteiger partial charge in [0.1, 0.15) is 6.29 Å². The third kappa shape index (κ3) is 4.13. The molecule has 0 aliphatic heterocycles. The number of rotatable bonds is 7. The van der Waals surface area contributed by atoms with E-state index in [9.17, 15) is 19.7 Å². The molecule has 8 heteroatoms. The number of carbonyl (C=O) groups excluding carboxylic acids is 1. The SMILES string of the molecule is C=C/C=C(/Sc1ccc(C=O)cc1[N+](=O)[O-])C(=NC)C(=O)O. The van der Waals surface area contributed by atoms with Crippen LogP contribution in [0.5, 0.6) is 0 Å². The van der Waals surface area contributed by atoms with Crippen molar-refractivity contribution in [3.63, 3.8) is 0 Å². The summed E-state index contributed by atoms with van der Waals surface area (Å²) in [6, 6.07) is 3.93. The van der Waals surface area contributed by atoms with Crippen molar-refractivity contribution in [2.75, 3.05) is 7.05 Å². The number of nitrogens with zero attached hydrogens (tertiary/aromatic N) is 2. The fourth-order valence-electron chi connectivity index (χ4n) is 1.53.